The monoisotopic (exact) mass is 274 g/mol. The fourth-order valence-electron chi connectivity index (χ4n) is 2.49. The zero-order chi connectivity index (χ0) is 14.4. The number of rotatable bonds is 4. The molecule has 1 amide bonds. The molecule has 0 unspecified atom stereocenters. The summed E-state index contributed by atoms with van der Waals surface area (Å²) >= 11 is 0. The highest BCUT2D eigenvalue weighted by molar-refractivity contribution is 5.94. The van der Waals surface area contributed by atoms with Crippen LogP contribution in [-0.4, -0.2) is 25.0 Å². The molecule has 0 saturated carbocycles. The predicted molar refractivity (Wildman–Crippen MR) is 81.9 cm³/mol. The number of aliphatic imine (C=N–C) groups is 1. The van der Waals surface area contributed by atoms with Crippen molar-refractivity contribution < 1.29 is 4.79 Å². The maximum atomic E-state index is 11.3. The van der Waals surface area contributed by atoms with E-state index in [-0.39, 0.29) is 18.4 Å². The first-order chi connectivity index (χ1) is 9.70. The number of carbonyl (C=O) groups is 1. The lowest BCUT2D eigenvalue weighted by atomic mass is 9.90. The van der Waals surface area contributed by atoms with Crippen LogP contribution in [0.2, 0.25) is 0 Å². The van der Waals surface area contributed by atoms with Crippen LogP contribution in [0.3, 0.4) is 0 Å². The molecule has 108 valence electrons. The molecule has 0 atom stereocenters. The minimum absolute atomic E-state index is 0.0572. The minimum Gasteiger partial charge on any atom is -0.370 e. The van der Waals surface area contributed by atoms with E-state index in [9.17, 15) is 4.79 Å². The van der Waals surface area contributed by atoms with Crippen molar-refractivity contribution in [3.05, 3.63) is 29.3 Å². The molecule has 0 saturated heterocycles. The van der Waals surface area contributed by atoms with E-state index in [0.717, 1.165) is 18.5 Å². The number of hydrogen-bond acceptors (Lipinski definition) is 2. The lowest BCUT2D eigenvalue weighted by molar-refractivity contribution is -0.119. The number of carbonyl (C=O) groups excluding carboxylic acids is 1. The summed E-state index contributed by atoms with van der Waals surface area (Å²) < 4.78 is 0. The molecular formula is C15H22N4O. The summed E-state index contributed by atoms with van der Waals surface area (Å²) in [5, 5.41) is 5.80. The number of aryl methyl sites for hydroxylation is 1. The third-order valence-corrected chi connectivity index (χ3v) is 3.43. The van der Waals surface area contributed by atoms with Gasteiger partial charge in [-0.25, -0.2) is 4.99 Å². The second-order valence-electron chi connectivity index (χ2n) is 4.93. The van der Waals surface area contributed by atoms with Gasteiger partial charge in [-0.15, -0.1) is 0 Å². The molecule has 4 N–H and O–H groups in total. The third-order valence-electron chi connectivity index (χ3n) is 3.43. The molecule has 1 aliphatic rings. The molecule has 0 fully saturated rings. The van der Waals surface area contributed by atoms with Gasteiger partial charge in [0.15, 0.2) is 5.96 Å². The van der Waals surface area contributed by atoms with E-state index in [1.807, 2.05) is 19.1 Å². The molecule has 1 aromatic carbocycles. The van der Waals surface area contributed by atoms with Crippen LogP contribution in [0.25, 0.3) is 0 Å². The molecule has 0 bridgehead atoms. The Morgan fingerprint density at radius 2 is 2.15 bits per heavy atom. The van der Waals surface area contributed by atoms with E-state index in [1.165, 1.54) is 24.0 Å². The van der Waals surface area contributed by atoms with E-state index in [1.54, 1.807) is 0 Å². The standard InChI is InChI=1S/C15H22N4O/c1-2-17-14(20)10-18-15(16)19-13-9-5-7-11-6-3-4-8-12(11)13/h5,7,9H,2-4,6,8,10H2,1H3,(H,17,20)(H3,16,18,19). The van der Waals surface area contributed by atoms with Gasteiger partial charge in [0.2, 0.25) is 5.91 Å². The zero-order valence-corrected chi connectivity index (χ0v) is 11.9. The van der Waals surface area contributed by atoms with Crippen molar-refractivity contribution in [3.63, 3.8) is 0 Å². The van der Waals surface area contributed by atoms with E-state index < -0.39 is 0 Å². The molecule has 0 aromatic heterocycles. The number of amides is 1. The van der Waals surface area contributed by atoms with Gasteiger partial charge < -0.3 is 16.4 Å². The van der Waals surface area contributed by atoms with E-state index in [0.29, 0.717) is 6.54 Å². The number of hydrogen-bond donors (Lipinski definition) is 3. The Kier molecular flexibility index (Phi) is 4.98. The van der Waals surface area contributed by atoms with Crippen molar-refractivity contribution in [2.75, 3.05) is 18.4 Å². The summed E-state index contributed by atoms with van der Waals surface area (Å²) in [6.07, 6.45) is 4.65. The van der Waals surface area contributed by atoms with Gasteiger partial charge in [-0.1, -0.05) is 12.1 Å². The van der Waals surface area contributed by atoms with Crippen LogP contribution in [0.4, 0.5) is 5.69 Å². The molecule has 5 nitrogen and oxygen atoms in total. The summed E-state index contributed by atoms with van der Waals surface area (Å²) in [4.78, 5) is 15.4. The summed E-state index contributed by atoms with van der Waals surface area (Å²) in [5.74, 6) is 0.169. The van der Waals surface area contributed by atoms with Gasteiger partial charge in [0.05, 0.1) is 0 Å². The highest BCUT2D eigenvalue weighted by Crippen LogP contribution is 2.27. The van der Waals surface area contributed by atoms with Crippen LogP contribution in [0.1, 0.15) is 30.9 Å². The summed E-state index contributed by atoms with van der Waals surface area (Å²) in [6.45, 7) is 2.54. The summed E-state index contributed by atoms with van der Waals surface area (Å²) in [6, 6.07) is 6.21. The number of benzene rings is 1. The molecule has 0 aliphatic heterocycles. The fourth-order valence-corrected chi connectivity index (χ4v) is 2.49. The number of guanidine groups is 1. The summed E-state index contributed by atoms with van der Waals surface area (Å²) in [7, 11) is 0. The normalized spacial score (nSPS) is 14.6. The van der Waals surface area contributed by atoms with Gasteiger partial charge >= 0.3 is 0 Å². The van der Waals surface area contributed by atoms with Crippen molar-refractivity contribution in [1.82, 2.24) is 5.32 Å². The van der Waals surface area contributed by atoms with Gasteiger partial charge in [-0.2, -0.15) is 0 Å². The first-order valence-electron chi connectivity index (χ1n) is 7.15. The molecule has 2 rings (SSSR count). The first kappa shape index (κ1) is 14.4. The third kappa shape index (κ3) is 3.73. The van der Waals surface area contributed by atoms with Crippen molar-refractivity contribution >= 4 is 17.6 Å². The van der Waals surface area contributed by atoms with Crippen molar-refractivity contribution in [2.45, 2.75) is 32.6 Å². The van der Waals surface area contributed by atoms with Crippen molar-refractivity contribution in [2.24, 2.45) is 10.7 Å². The molecule has 0 heterocycles. The fraction of sp³-hybridized carbons (Fsp3) is 0.467. The van der Waals surface area contributed by atoms with Crippen LogP contribution in [0.15, 0.2) is 23.2 Å². The Labute approximate surface area is 119 Å². The Bertz CT molecular complexity index is 511. The van der Waals surface area contributed by atoms with Crippen molar-refractivity contribution in [3.8, 4) is 0 Å². The maximum absolute atomic E-state index is 11.3. The Balaban J connectivity index is 2.02. The summed E-state index contributed by atoms with van der Waals surface area (Å²) in [5.41, 5.74) is 9.57. The molecule has 0 spiro atoms. The predicted octanol–water partition coefficient (Wildman–Crippen LogP) is 1.43. The van der Waals surface area contributed by atoms with Gasteiger partial charge in [-0.3, -0.25) is 4.79 Å². The van der Waals surface area contributed by atoms with Gasteiger partial charge in [0.1, 0.15) is 6.54 Å². The first-order valence-corrected chi connectivity index (χ1v) is 7.15. The molecule has 1 aromatic rings. The molecule has 20 heavy (non-hydrogen) atoms. The van der Waals surface area contributed by atoms with Gasteiger partial charge in [0.25, 0.3) is 0 Å². The number of likely N-dealkylation sites (N-methyl/N-ethyl adjacent to an activating group) is 1. The van der Waals surface area contributed by atoms with Gasteiger partial charge in [-0.05, 0) is 49.8 Å². The number of nitrogens with zero attached hydrogens (tertiary/aromatic N) is 1. The van der Waals surface area contributed by atoms with Gasteiger partial charge in [0, 0.05) is 12.2 Å². The second-order valence-corrected chi connectivity index (χ2v) is 4.93. The lowest BCUT2D eigenvalue weighted by Gasteiger charge is -2.19. The Morgan fingerprint density at radius 3 is 2.95 bits per heavy atom. The second kappa shape index (κ2) is 6.93. The van der Waals surface area contributed by atoms with E-state index in [2.05, 4.69) is 21.7 Å². The van der Waals surface area contributed by atoms with E-state index in [4.69, 9.17) is 5.73 Å². The minimum atomic E-state index is -0.118. The number of nitrogens with one attached hydrogen (secondary N) is 2. The number of anilines is 1. The number of nitrogens with two attached hydrogens (primary N) is 1. The van der Waals surface area contributed by atoms with Crippen LogP contribution in [-0.2, 0) is 17.6 Å². The van der Waals surface area contributed by atoms with E-state index >= 15 is 0 Å². The van der Waals surface area contributed by atoms with Crippen molar-refractivity contribution in [1.29, 1.82) is 0 Å². The zero-order valence-electron chi connectivity index (χ0n) is 11.9. The molecule has 5 heteroatoms. The highest BCUT2D eigenvalue weighted by Gasteiger charge is 2.13. The molecule has 1 aliphatic carbocycles. The topological polar surface area (TPSA) is 79.5 Å². The molecular weight excluding hydrogens is 252 g/mol. The maximum Gasteiger partial charge on any atom is 0.241 e. The Morgan fingerprint density at radius 1 is 1.35 bits per heavy atom. The Hall–Kier alpha value is -2.04. The highest BCUT2D eigenvalue weighted by atomic mass is 16.1. The largest absolute Gasteiger partial charge is 0.370 e. The SMILES string of the molecule is CCNC(=O)CN=C(N)Nc1cccc2c1CCCC2. The average molecular weight is 274 g/mol. The smallest absolute Gasteiger partial charge is 0.241 e. The van der Waals surface area contributed by atoms with Crippen LogP contribution < -0.4 is 16.4 Å². The lowest BCUT2D eigenvalue weighted by Crippen LogP contribution is -2.29. The molecule has 0 radical (unpaired) electrons. The number of fused-ring (bicyclic) bond motifs is 1. The quantitative estimate of drug-likeness (QED) is 0.574. The average Bonchev–Trinajstić information content (AvgIpc) is 2.46. The van der Waals surface area contributed by atoms with Crippen LogP contribution in [0.5, 0.6) is 0 Å². The van der Waals surface area contributed by atoms with Crippen LogP contribution >= 0.6 is 0 Å². The van der Waals surface area contributed by atoms with Crippen LogP contribution in [0, 0.1) is 0 Å².